The average molecular weight is 287 g/mol. The van der Waals surface area contributed by atoms with Crippen LogP contribution >= 0.6 is 11.6 Å². The maximum Gasteiger partial charge on any atom is 0.309 e. The molecule has 0 atom stereocenters. The van der Waals surface area contributed by atoms with Crippen LogP contribution in [0.5, 0.6) is 11.5 Å². The molecular weight excluding hydrogens is 268 g/mol. The highest BCUT2D eigenvalue weighted by Crippen LogP contribution is 2.41. The Balaban J connectivity index is 3.36. The summed E-state index contributed by atoms with van der Waals surface area (Å²) in [6, 6.07) is 1.74. The van der Waals surface area contributed by atoms with E-state index in [1.807, 2.05) is 6.92 Å². The van der Waals surface area contributed by atoms with Crippen molar-refractivity contribution in [2.75, 3.05) is 14.2 Å². The Morgan fingerprint density at radius 3 is 2.26 bits per heavy atom. The minimum Gasteiger partial charge on any atom is -0.493 e. The van der Waals surface area contributed by atoms with Crippen LogP contribution < -0.4 is 9.47 Å². The lowest BCUT2D eigenvalue weighted by Crippen LogP contribution is -2.26. The lowest BCUT2D eigenvalue weighted by atomic mass is 9.85. The summed E-state index contributed by atoms with van der Waals surface area (Å²) in [6.45, 7) is 5.15. The second-order valence-corrected chi connectivity index (χ2v) is 5.48. The third-order valence-corrected chi connectivity index (χ3v) is 3.51. The van der Waals surface area contributed by atoms with Crippen molar-refractivity contribution in [3.05, 3.63) is 22.2 Å². The van der Waals surface area contributed by atoms with E-state index in [0.29, 0.717) is 22.9 Å². The minimum absolute atomic E-state index is 0.307. The first-order chi connectivity index (χ1) is 8.74. The molecule has 0 heterocycles. The van der Waals surface area contributed by atoms with Crippen LogP contribution in [0.3, 0.4) is 0 Å². The van der Waals surface area contributed by atoms with Gasteiger partial charge in [0.25, 0.3) is 0 Å². The van der Waals surface area contributed by atoms with E-state index in [-0.39, 0.29) is 0 Å². The number of carboxylic acids is 1. The summed E-state index contributed by atoms with van der Waals surface area (Å²) in [5, 5.41) is 9.75. The first-order valence-corrected chi connectivity index (χ1v) is 6.25. The molecular formula is C14H19ClO4. The van der Waals surface area contributed by atoms with E-state index in [0.717, 1.165) is 11.1 Å². The molecule has 0 unspecified atom stereocenters. The van der Waals surface area contributed by atoms with Crippen molar-refractivity contribution in [3.63, 3.8) is 0 Å². The van der Waals surface area contributed by atoms with Crippen LogP contribution in [-0.2, 0) is 11.2 Å². The van der Waals surface area contributed by atoms with Crippen LogP contribution in [0.25, 0.3) is 0 Å². The Morgan fingerprint density at radius 1 is 1.32 bits per heavy atom. The van der Waals surface area contributed by atoms with Gasteiger partial charge >= 0.3 is 5.97 Å². The number of hydrogen-bond donors (Lipinski definition) is 1. The van der Waals surface area contributed by atoms with Crippen molar-refractivity contribution in [1.29, 1.82) is 0 Å². The summed E-state index contributed by atoms with van der Waals surface area (Å²) in [5.41, 5.74) is 0.594. The van der Waals surface area contributed by atoms with Crippen LogP contribution in [0.4, 0.5) is 0 Å². The van der Waals surface area contributed by atoms with Gasteiger partial charge in [-0.1, -0.05) is 11.6 Å². The SMILES string of the molecule is COc1c(CC(C)(C)C(=O)O)cc(Cl)c(C)c1OC. The summed E-state index contributed by atoms with van der Waals surface area (Å²) >= 11 is 6.15. The van der Waals surface area contributed by atoms with Gasteiger partial charge < -0.3 is 14.6 Å². The molecule has 0 bridgehead atoms. The number of carbonyl (C=O) groups is 1. The highest BCUT2D eigenvalue weighted by atomic mass is 35.5. The molecule has 0 fully saturated rings. The highest BCUT2D eigenvalue weighted by molar-refractivity contribution is 6.31. The molecule has 1 aromatic rings. The summed E-state index contributed by atoms with van der Waals surface area (Å²) < 4.78 is 10.7. The van der Waals surface area contributed by atoms with E-state index in [1.165, 1.54) is 14.2 Å². The topological polar surface area (TPSA) is 55.8 Å². The molecule has 0 saturated carbocycles. The Bertz CT molecular complexity index is 495. The van der Waals surface area contributed by atoms with E-state index < -0.39 is 11.4 Å². The molecule has 0 spiro atoms. The number of carboxylic acid groups (broad SMARTS) is 1. The molecule has 0 saturated heterocycles. The molecule has 19 heavy (non-hydrogen) atoms. The van der Waals surface area contributed by atoms with Crippen molar-refractivity contribution < 1.29 is 19.4 Å². The molecule has 106 valence electrons. The lowest BCUT2D eigenvalue weighted by Gasteiger charge is -2.22. The van der Waals surface area contributed by atoms with E-state index in [4.69, 9.17) is 21.1 Å². The largest absolute Gasteiger partial charge is 0.493 e. The zero-order valence-electron chi connectivity index (χ0n) is 11.8. The Hall–Kier alpha value is -1.42. The van der Waals surface area contributed by atoms with E-state index >= 15 is 0 Å². The summed E-state index contributed by atoms with van der Waals surface area (Å²) in [5.74, 6) is 0.218. The molecule has 1 N–H and O–H groups in total. The number of hydrogen-bond acceptors (Lipinski definition) is 3. The van der Waals surface area contributed by atoms with E-state index in [2.05, 4.69) is 0 Å². The quantitative estimate of drug-likeness (QED) is 0.902. The van der Waals surface area contributed by atoms with Crippen LogP contribution in [0.1, 0.15) is 25.0 Å². The Labute approximate surface area is 118 Å². The van der Waals surface area contributed by atoms with Gasteiger partial charge in [-0.25, -0.2) is 0 Å². The van der Waals surface area contributed by atoms with Gasteiger partial charge in [-0.15, -0.1) is 0 Å². The molecule has 4 nitrogen and oxygen atoms in total. The fraction of sp³-hybridized carbons (Fsp3) is 0.500. The Morgan fingerprint density at radius 2 is 1.84 bits per heavy atom. The number of benzene rings is 1. The molecule has 1 aromatic carbocycles. The summed E-state index contributed by atoms with van der Waals surface area (Å²) in [6.07, 6.45) is 0.307. The summed E-state index contributed by atoms with van der Waals surface area (Å²) in [4.78, 5) is 11.2. The first-order valence-electron chi connectivity index (χ1n) is 5.88. The molecule has 1 rings (SSSR count). The number of aliphatic carboxylic acids is 1. The van der Waals surface area contributed by atoms with Gasteiger partial charge in [-0.2, -0.15) is 0 Å². The summed E-state index contributed by atoms with van der Waals surface area (Å²) in [7, 11) is 3.07. The van der Waals surface area contributed by atoms with Crippen molar-refractivity contribution in [1.82, 2.24) is 0 Å². The molecule has 0 amide bonds. The molecule has 0 aliphatic heterocycles. The fourth-order valence-corrected chi connectivity index (χ4v) is 2.12. The first kappa shape index (κ1) is 15.6. The third kappa shape index (κ3) is 3.13. The van der Waals surface area contributed by atoms with E-state index in [9.17, 15) is 9.90 Å². The molecule has 5 heteroatoms. The Kier molecular flexibility index (Phi) is 4.69. The van der Waals surface area contributed by atoms with Gasteiger partial charge in [0, 0.05) is 16.1 Å². The fourth-order valence-electron chi connectivity index (χ4n) is 1.90. The zero-order valence-corrected chi connectivity index (χ0v) is 12.6. The van der Waals surface area contributed by atoms with E-state index in [1.54, 1.807) is 19.9 Å². The standard InChI is InChI=1S/C14H19ClO4/c1-8-10(15)6-9(7-14(2,3)13(16)17)12(19-5)11(8)18-4/h6H,7H2,1-5H3,(H,16,17). The van der Waals surface area contributed by atoms with Gasteiger partial charge in [0.05, 0.1) is 19.6 Å². The predicted molar refractivity (Wildman–Crippen MR) is 74.4 cm³/mol. The predicted octanol–water partition coefficient (Wildman–Crippen LogP) is 3.32. The second kappa shape index (κ2) is 5.70. The van der Waals surface area contributed by atoms with Gasteiger partial charge in [0.1, 0.15) is 0 Å². The van der Waals surface area contributed by atoms with Gasteiger partial charge in [-0.05, 0) is 33.3 Å². The van der Waals surface area contributed by atoms with Crippen LogP contribution in [0, 0.1) is 12.3 Å². The number of ether oxygens (including phenoxy) is 2. The molecule has 0 radical (unpaired) electrons. The third-order valence-electron chi connectivity index (χ3n) is 3.12. The van der Waals surface area contributed by atoms with Gasteiger partial charge in [0.2, 0.25) is 0 Å². The zero-order chi connectivity index (χ0) is 14.8. The molecule has 0 aliphatic rings. The maximum absolute atomic E-state index is 11.2. The van der Waals surface area contributed by atoms with Crippen molar-refractivity contribution >= 4 is 17.6 Å². The number of rotatable bonds is 5. The smallest absolute Gasteiger partial charge is 0.309 e. The van der Waals surface area contributed by atoms with Gasteiger partial charge in [0.15, 0.2) is 11.5 Å². The molecule has 0 aliphatic carbocycles. The van der Waals surface area contributed by atoms with Crippen molar-refractivity contribution in [2.45, 2.75) is 27.2 Å². The monoisotopic (exact) mass is 286 g/mol. The number of methoxy groups -OCH3 is 2. The lowest BCUT2D eigenvalue weighted by molar-refractivity contribution is -0.146. The molecule has 0 aromatic heterocycles. The minimum atomic E-state index is -0.906. The van der Waals surface area contributed by atoms with Crippen LogP contribution in [0.2, 0.25) is 5.02 Å². The van der Waals surface area contributed by atoms with Crippen LogP contribution in [-0.4, -0.2) is 25.3 Å². The second-order valence-electron chi connectivity index (χ2n) is 5.07. The highest BCUT2D eigenvalue weighted by Gasteiger charge is 2.30. The van der Waals surface area contributed by atoms with Gasteiger partial charge in [-0.3, -0.25) is 4.79 Å². The number of halogens is 1. The normalized spacial score (nSPS) is 11.3. The van der Waals surface area contributed by atoms with Crippen molar-refractivity contribution in [2.24, 2.45) is 5.41 Å². The maximum atomic E-state index is 11.2. The van der Waals surface area contributed by atoms with Crippen molar-refractivity contribution in [3.8, 4) is 11.5 Å². The van der Waals surface area contributed by atoms with Crippen LogP contribution in [0.15, 0.2) is 6.07 Å². The average Bonchev–Trinajstić information content (AvgIpc) is 2.32.